The largest absolute Gasteiger partial charge is 0.504 e. The number of phenolic OH excluding ortho intramolecular Hbond substituents is 1. The molecule has 0 amide bonds. The third-order valence-corrected chi connectivity index (χ3v) is 2.94. The molecule has 0 aliphatic heterocycles. The fraction of sp³-hybridized carbons (Fsp3) is 0.500. The lowest BCUT2D eigenvalue weighted by atomic mass is 9.96. The molecule has 0 radical (unpaired) electrons. The molecule has 0 heterocycles. The van der Waals surface area contributed by atoms with E-state index in [1.165, 1.54) is 12.5 Å². The standard InChI is InChI=1S/C12H17NO3/c13-7-11(15)8-4-5-12(10(14)6-8)16-9-2-1-3-9/h4-6,9,11,14-15H,1-3,7,13H2. The van der Waals surface area contributed by atoms with Crippen molar-refractivity contribution >= 4 is 0 Å². The molecule has 4 N–H and O–H groups in total. The van der Waals surface area contributed by atoms with Gasteiger partial charge in [0.2, 0.25) is 0 Å². The monoisotopic (exact) mass is 223 g/mol. The summed E-state index contributed by atoms with van der Waals surface area (Å²) in [5.41, 5.74) is 5.95. The van der Waals surface area contributed by atoms with E-state index in [0.29, 0.717) is 11.3 Å². The van der Waals surface area contributed by atoms with Crippen LogP contribution in [0.1, 0.15) is 30.9 Å². The van der Waals surface area contributed by atoms with Crippen molar-refractivity contribution in [2.75, 3.05) is 6.54 Å². The number of benzene rings is 1. The lowest BCUT2D eigenvalue weighted by molar-refractivity contribution is 0.116. The molecule has 16 heavy (non-hydrogen) atoms. The second kappa shape index (κ2) is 4.72. The van der Waals surface area contributed by atoms with Crippen LogP contribution in [0.15, 0.2) is 18.2 Å². The van der Waals surface area contributed by atoms with Gasteiger partial charge in [0.25, 0.3) is 0 Å². The summed E-state index contributed by atoms with van der Waals surface area (Å²) in [4.78, 5) is 0. The Labute approximate surface area is 94.7 Å². The van der Waals surface area contributed by atoms with Crippen LogP contribution in [0.3, 0.4) is 0 Å². The molecule has 0 spiro atoms. The van der Waals surface area contributed by atoms with Crippen molar-refractivity contribution in [1.82, 2.24) is 0 Å². The van der Waals surface area contributed by atoms with E-state index in [0.717, 1.165) is 12.8 Å². The van der Waals surface area contributed by atoms with Gasteiger partial charge in [-0.1, -0.05) is 6.07 Å². The molecule has 88 valence electrons. The topological polar surface area (TPSA) is 75.7 Å². The molecule has 1 atom stereocenters. The van der Waals surface area contributed by atoms with E-state index in [1.807, 2.05) is 0 Å². The summed E-state index contributed by atoms with van der Waals surface area (Å²) in [6, 6.07) is 4.92. The first-order valence-corrected chi connectivity index (χ1v) is 5.58. The number of aliphatic hydroxyl groups is 1. The number of ether oxygens (including phenoxy) is 1. The van der Waals surface area contributed by atoms with Gasteiger partial charge < -0.3 is 20.7 Å². The van der Waals surface area contributed by atoms with Gasteiger partial charge in [-0.15, -0.1) is 0 Å². The molecule has 1 unspecified atom stereocenters. The smallest absolute Gasteiger partial charge is 0.161 e. The minimum absolute atomic E-state index is 0.0666. The predicted molar refractivity (Wildman–Crippen MR) is 60.4 cm³/mol. The fourth-order valence-electron chi connectivity index (χ4n) is 1.65. The van der Waals surface area contributed by atoms with E-state index in [2.05, 4.69) is 0 Å². The second-order valence-electron chi connectivity index (χ2n) is 4.15. The Bertz CT molecular complexity index is 363. The molecule has 2 rings (SSSR count). The first-order valence-electron chi connectivity index (χ1n) is 5.58. The van der Waals surface area contributed by atoms with Crippen LogP contribution in [0.25, 0.3) is 0 Å². The first kappa shape index (κ1) is 11.2. The third-order valence-electron chi connectivity index (χ3n) is 2.94. The lowest BCUT2D eigenvalue weighted by Crippen LogP contribution is -2.24. The number of nitrogens with two attached hydrogens (primary N) is 1. The quantitative estimate of drug-likeness (QED) is 0.719. The van der Waals surface area contributed by atoms with Gasteiger partial charge in [0.05, 0.1) is 12.2 Å². The van der Waals surface area contributed by atoms with E-state index in [4.69, 9.17) is 10.5 Å². The summed E-state index contributed by atoms with van der Waals surface area (Å²) in [6.45, 7) is 0.141. The van der Waals surface area contributed by atoms with Gasteiger partial charge in [-0.2, -0.15) is 0 Å². The predicted octanol–water partition coefficient (Wildman–Crippen LogP) is 1.32. The number of rotatable bonds is 4. The van der Waals surface area contributed by atoms with E-state index >= 15 is 0 Å². The van der Waals surface area contributed by atoms with Crippen LogP contribution >= 0.6 is 0 Å². The van der Waals surface area contributed by atoms with Gasteiger partial charge in [0.1, 0.15) is 0 Å². The maximum Gasteiger partial charge on any atom is 0.161 e. The lowest BCUT2D eigenvalue weighted by Gasteiger charge is -2.26. The van der Waals surface area contributed by atoms with Gasteiger partial charge in [0, 0.05) is 6.54 Å². The van der Waals surface area contributed by atoms with E-state index in [1.54, 1.807) is 12.1 Å². The maximum absolute atomic E-state index is 9.73. The molecule has 0 saturated heterocycles. The van der Waals surface area contributed by atoms with E-state index in [9.17, 15) is 10.2 Å². The van der Waals surface area contributed by atoms with Crippen molar-refractivity contribution in [3.63, 3.8) is 0 Å². The molecule has 4 nitrogen and oxygen atoms in total. The zero-order chi connectivity index (χ0) is 11.5. The van der Waals surface area contributed by atoms with Crippen molar-refractivity contribution in [3.8, 4) is 11.5 Å². The highest BCUT2D eigenvalue weighted by Gasteiger charge is 2.20. The maximum atomic E-state index is 9.73. The van der Waals surface area contributed by atoms with Gasteiger partial charge in [-0.3, -0.25) is 0 Å². The SMILES string of the molecule is NCC(O)c1ccc(OC2CCC2)c(O)c1. The Balaban J connectivity index is 2.09. The number of phenols is 1. The van der Waals surface area contributed by atoms with Crippen LogP contribution in [0.5, 0.6) is 11.5 Å². The Kier molecular flexibility index (Phi) is 3.31. The molecule has 1 saturated carbocycles. The normalized spacial score (nSPS) is 17.9. The summed E-state index contributed by atoms with van der Waals surface area (Å²) in [6.07, 6.45) is 2.79. The molecule has 4 heteroatoms. The number of hydrogen-bond donors (Lipinski definition) is 3. The number of aromatic hydroxyl groups is 1. The minimum Gasteiger partial charge on any atom is -0.504 e. The van der Waals surface area contributed by atoms with Crippen molar-refractivity contribution in [2.45, 2.75) is 31.5 Å². The van der Waals surface area contributed by atoms with E-state index < -0.39 is 6.10 Å². The summed E-state index contributed by atoms with van der Waals surface area (Å²) in [7, 11) is 0. The van der Waals surface area contributed by atoms with Gasteiger partial charge in [0.15, 0.2) is 11.5 Å². The molecular weight excluding hydrogens is 206 g/mol. The van der Waals surface area contributed by atoms with Gasteiger partial charge in [-0.25, -0.2) is 0 Å². The summed E-state index contributed by atoms with van der Waals surface area (Å²) in [5.74, 6) is 0.551. The third kappa shape index (κ3) is 2.28. The number of aliphatic hydroxyl groups excluding tert-OH is 1. The summed E-state index contributed by atoms with van der Waals surface area (Å²) < 4.78 is 5.59. The molecule has 1 aromatic carbocycles. The fourth-order valence-corrected chi connectivity index (χ4v) is 1.65. The Morgan fingerprint density at radius 3 is 2.69 bits per heavy atom. The highest BCUT2D eigenvalue weighted by atomic mass is 16.5. The van der Waals surface area contributed by atoms with E-state index in [-0.39, 0.29) is 18.4 Å². The van der Waals surface area contributed by atoms with Crippen molar-refractivity contribution < 1.29 is 14.9 Å². The zero-order valence-corrected chi connectivity index (χ0v) is 9.10. The van der Waals surface area contributed by atoms with Crippen molar-refractivity contribution in [1.29, 1.82) is 0 Å². The molecule has 0 aromatic heterocycles. The Morgan fingerprint density at radius 2 is 2.19 bits per heavy atom. The van der Waals surface area contributed by atoms with Crippen LogP contribution in [0.4, 0.5) is 0 Å². The average molecular weight is 223 g/mol. The van der Waals surface area contributed by atoms with Crippen molar-refractivity contribution in [3.05, 3.63) is 23.8 Å². The van der Waals surface area contributed by atoms with Crippen LogP contribution in [0.2, 0.25) is 0 Å². The van der Waals surface area contributed by atoms with Crippen molar-refractivity contribution in [2.24, 2.45) is 5.73 Å². The summed E-state index contributed by atoms with van der Waals surface area (Å²) in [5, 5.41) is 19.2. The van der Waals surface area contributed by atoms with Crippen LogP contribution in [-0.4, -0.2) is 22.9 Å². The number of hydrogen-bond acceptors (Lipinski definition) is 4. The zero-order valence-electron chi connectivity index (χ0n) is 9.10. The Morgan fingerprint density at radius 1 is 1.44 bits per heavy atom. The first-order chi connectivity index (χ1) is 7.70. The van der Waals surface area contributed by atoms with Gasteiger partial charge in [-0.05, 0) is 37.0 Å². The molecule has 1 aromatic rings. The van der Waals surface area contributed by atoms with Crippen LogP contribution in [0, 0.1) is 0 Å². The second-order valence-corrected chi connectivity index (χ2v) is 4.15. The van der Waals surface area contributed by atoms with Crippen LogP contribution in [-0.2, 0) is 0 Å². The molecule has 1 fully saturated rings. The molecule has 0 bridgehead atoms. The molecule has 1 aliphatic rings. The Hall–Kier alpha value is -1.26. The highest BCUT2D eigenvalue weighted by molar-refractivity contribution is 5.42. The summed E-state index contributed by atoms with van der Waals surface area (Å²) >= 11 is 0. The average Bonchev–Trinajstić information content (AvgIpc) is 2.23. The van der Waals surface area contributed by atoms with Crippen LogP contribution < -0.4 is 10.5 Å². The molecular formula is C12H17NO3. The van der Waals surface area contributed by atoms with Gasteiger partial charge >= 0.3 is 0 Å². The molecule has 1 aliphatic carbocycles. The highest BCUT2D eigenvalue weighted by Crippen LogP contribution is 2.33. The minimum atomic E-state index is -0.733.